The van der Waals surface area contributed by atoms with Crippen molar-refractivity contribution < 1.29 is 4.79 Å². The number of aromatic nitrogens is 3. The van der Waals surface area contributed by atoms with Crippen molar-refractivity contribution in [2.75, 3.05) is 0 Å². The maximum Gasteiger partial charge on any atom is 0.248 e. The number of pyridine rings is 2. The molecule has 0 radical (unpaired) electrons. The average Bonchev–Trinajstić information content (AvgIpc) is 3.05. The zero-order valence-corrected chi connectivity index (χ0v) is 13.5. The number of nitrogens with zero attached hydrogens (tertiary/aromatic N) is 3. The van der Waals surface area contributed by atoms with Gasteiger partial charge in [-0.2, -0.15) is 5.26 Å². The molecule has 0 unspecified atom stereocenters. The number of hydrogen-bond acceptors (Lipinski definition) is 6. The van der Waals surface area contributed by atoms with Gasteiger partial charge in [-0.3, -0.25) is 14.6 Å². The van der Waals surface area contributed by atoms with Gasteiger partial charge in [-0.1, -0.05) is 0 Å². The molecule has 1 atom stereocenters. The van der Waals surface area contributed by atoms with Gasteiger partial charge in [-0.25, -0.2) is 4.98 Å². The molecule has 0 spiro atoms. The lowest BCUT2D eigenvalue weighted by atomic mass is 9.99. The Morgan fingerprint density at radius 1 is 1.33 bits per heavy atom. The van der Waals surface area contributed by atoms with E-state index in [9.17, 15) is 14.9 Å². The van der Waals surface area contributed by atoms with Crippen LogP contribution < -0.4 is 5.56 Å². The van der Waals surface area contributed by atoms with Crippen LogP contribution in [0.4, 0.5) is 0 Å². The summed E-state index contributed by atoms with van der Waals surface area (Å²) in [6.07, 6.45) is 3.31. The fourth-order valence-corrected chi connectivity index (χ4v) is 3.16. The Hall–Kier alpha value is -3.11. The van der Waals surface area contributed by atoms with Crippen molar-refractivity contribution in [3.05, 3.63) is 68.7 Å². The van der Waals surface area contributed by atoms with Gasteiger partial charge in [0.05, 0.1) is 11.8 Å². The number of thiazole rings is 1. The Morgan fingerprint density at radius 3 is 2.75 bits per heavy atom. The SMILES string of the molecule is Cc1cc(C(=O)[C@@H](C#N)c2nc(-c3ccncc3)cs2)cc(=O)[nH]1. The molecule has 0 aliphatic carbocycles. The molecule has 0 amide bonds. The monoisotopic (exact) mass is 336 g/mol. The lowest BCUT2D eigenvalue weighted by Crippen LogP contribution is -2.16. The Balaban J connectivity index is 1.95. The van der Waals surface area contributed by atoms with E-state index in [1.54, 1.807) is 30.8 Å². The normalized spacial score (nSPS) is 11.7. The summed E-state index contributed by atoms with van der Waals surface area (Å²) in [6, 6.07) is 8.38. The van der Waals surface area contributed by atoms with Gasteiger partial charge in [0.15, 0.2) is 11.7 Å². The molecule has 118 valence electrons. The summed E-state index contributed by atoms with van der Waals surface area (Å²) in [4.78, 5) is 35.1. The number of carbonyl (C=O) groups excluding carboxylic acids is 1. The molecule has 6 nitrogen and oxygen atoms in total. The predicted octanol–water partition coefficient (Wildman–Crippen LogP) is 2.69. The summed E-state index contributed by atoms with van der Waals surface area (Å²) in [5.41, 5.74) is 1.96. The fraction of sp³-hybridized carbons (Fsp3) is 0.118. The van der Waals surface area contributed by atoms with Crippen LogP contribution in [0.1, 0.15) is 27.0 Å². The molecule has 0 aliphatic rings. The zero-order valence-electron chi connectivity index (χ0n) is 12.7. The molecule has 0 bridgehead atoms. The molecule has 3 rings (SSSR count). The molecule has 7 heteroatoms. The number of hydrogen-bond donors (Lipinski definition) is 1. The van der Waals surface area contributed by atoms with Crippen LogP contribution in [0.15, 0.2) is 46.8 Å². The van der Waals surface area contributed by atoms with E-state index in [1.165, 1.54) is 17.4 Å². The molecule has 0 fully saturated rings. The van der Waals surface area contributed by atoms with Gasteiger partial charge in [0.25, 0.3) is 0 Å². The topological polar surface area (TPSA) is 99.5 Å². The van der Waals surface area contributed by atoms with Crippen molar-refractivity contribution in [2.45, 2.75) is 12.8 Å². The number of nitriles is 1. The van der Waals surface area contributed by atoms with Gasteiger partial charge < -0.3 is 4.98 Å². The highest BCUT2D eigenvalue weighted by Crippen LogP contribution is 2.28. The summed E-state index contributed by atoms with van der Waals surface area (Å²) in [5, 5.41) is 11.6. The van der Waals surface area contributed by atoms with Crippen molar-refractivity contribution in [1.29, 1.82) is 5.26 Å². The van der Waals surface area contributed by atoms with Crippen LogP contribution in [0.5, 0.6) is 0 Å². The fourth-order valence-electron chi connectivity index (χ4n) is 2.29. The van der Waals surface area contributed by atoms with Crippen molar-refractivity contribution in [3.8, 4) is 17.3 Å². The van der Waals surface area contributed by atoms with Crippen molar-refractivity contribution in [3.63, 3.8) is 0 Å². The lowest BCUT2D eigenvalue weighted by molar-refractivity contribution is 0.0978. The highest BCUT2D eigenvalue weighted by atomic mass is 32.1. The molecule has 24 heavy (non-hydrogen) atoms. The van der Waals surface area contributed by atoms with Crippen LogP contribution in [-0.2, 0) is 0 Å². The average molecular weight is 336 g/mol. The van der Waals surface area contributed by atoms with E-state index in [2.05, 4.69) is 15.0 Å². The molecule has 3 heterocycles. The van der Waals surface area contributed by atoms with E-state index in [0.29, 0.717) is 16.4 Å². The molecule has 3 aromatic heterocycles. The van der Waals surface area contributed by atoms with Crippen LogP contribution in [0.3, 0.4) is 0 Å². The minimum atomic E-state index is -1.04. The van der Waals surface area contributed by atoms with E-state index in [-0.39, 0.29) is 11.1 Å². The standard InChI is InChI=1S/C17H12N4O2S/c1-10-6-12(7-15(22)20-10)16(23)13(8-18)17-21-14(9-24-17)11-2-4-19-5-3-11/h2-7,9,13H,1H3,(H,20,22)/t13-/m1/s1. The van der Waals surface area contributed by atoms with Gasteiger partial charge in [-0.15, -0.1) is 11.3 Å². The first-order valence-electron chi connectivity index (χ1n) is 7.09. The van der Waals surface area contributed by atoms with Gasteiger partial charge >= 0.3 is 0 Å². The maximum atomic E-state index is 12.6. The second-order valence-corrected chi connectivity index (χ2v) is 6.04. The summed E-state index contributed by atoms with van der Waals surface area (Å²) in [7, 11) is 0. The molecule has 0 saturated carbocycles. The smallest absolute Gasteiger partial charge is 0.248 e. The minimum absolute atomic E-state index is 0.212. The lowest BCUT2D eigenvalue weighted by Gasteiger charge is -2.05. The second kappa shape index (κ2) is 6.56. The van der Waals surface area contributed by atoms with Crippen LogP contribution in [-0.4, -0.2) is 20.7 Å². The molecule has 0 saturated heterocycles. The number of aromatic amines is 1. The van der Waals surface area contributed by atoms with Crippen LogP contribution in [0.25, 0.3) is 11.3 Å². The van der Waals surface area contributed by atoms with Crippen LogP contribution in [0, 0.1) is 18.3 Å². The van der Waals surface area contributed by atoms with E-state index in [0.717, 1.165) is 5.56 Å². The van der Waals surface area contributed by atoms with Gasteiger partial charge in [-0.05, 0) is 25.1 Å². The number of H-pyrrole nitrogens is 1. The molecule has 0 aliphatic heterocycles. The Kier molecular flexibility index (Phi) is 4.31. The van der Waals surface area contributed by atoms with Crippen LogP contribution in [0.2, 0.25) is 0 Å². The summed E-state index contributed by atoms with van der Waals surface area (Å²) >= 11 is 1.25. The summed E-state index contributed by atoms with van der Waals surface area (Å²) in [6.45, 7) is 1.69. The first kappa shape index (κ1) is 15.8. The first-order valence-corrected chi connectivity index (χ1v) is 7.97. The summed E-state index contributed by atoms with van der Waals surface area (Å²) < 4.78 is 0. The number of ketones is 1. The third kappa shape index (κ3) is 3.14. The van der Waals surface area contributed by atoms with E-state index >= 15 is 0 Å². The van der Waals surface area contributed by atoms with Gasteiger partial charge in [0.2, 0.25) is 5.56 Å². The van der Waals surface area contributed by atoms with E-state index < -0.39 is 11.7 Å². The van der Waals surface area contributed by atoms with E-state index in [4.69, 9.17) is 0 Å². The third-order valence-electron chi connectivity index (χ3n) is 3.40. The molecule has 1 N–H and O–H groups in total. The van der Waals surface area contributed by atoms with Crippen molar-refractivity contribution in [1.82, 2.24) is 15.0 Å². The minimum Gasteiger partial charge on any atom is -0.326 e. The van der Waals surface area contributed by atoms with Crippen molar-refractivity contribution >= 4 is 17.1 Å². The first-order chi connectivity index (χ1) is 11.6. The zero-order chi connectivity index (χ0) is 17.1. The number of nitrogens with one attached hydrogen (secondary N) is 1. The highest BCUT2D eigenvalue weighted by Gasteiger charge is 2.25. The Labute approximate surface area is 141 Å². The third-order valence-corrected chi connectivity index (χ3v) is 4.31. The van der Waals surface area contributed by atoms with Crippen molar-refractivity contribution in [2.24, 2.45) is 0 Å². The van der Waals surface area contributed by atoms with Crippen LogP contribution >= 0.6 is 11.3 Å². The maximum absolute atomic E-state index is 12.6. The Morgan fingerprint density at radius 2 is 2.08 bits per heavy atom. The van der Waals surface area contributed by atoms with E-state index in [1.807, 2.05) is 18.2 Å². The summed E-state index contributed by atoms with van der Waals surface area (Å²) in [5.74, 6) is -1.46. The predicted molar refractivity (Wildman–Crippen MR) is 89.8 cm³/mol. The largest absolute Gasteiger partial charge is 0.326 e. The second-order valence-electron chi connectivity index (χ2n) is 5.15. The quantitative estimate of drug-likeness (QED) is 0.738. The number of aryl methyl sites for hydroxylation is 1. The van der Waals surface area contributed by atoms with Gasteiger partial charge in [0.1, 0.15) is 5.01 Å². The number of rotatable bonds is 4. The molecule has 0 aromatic carbocycles. The molecular formula is C17H12N4O2S. The highest BCUT2D eigenvalue weighted by molar-refractivity contribution is 7.10. The number of carbonyl (C=O) groups is 1. The van der Waals surface area contributed by atoms with Gasteiger partial charge in [0, 0.05) is 40.7 Å². The Bertz CT molecular complexity index is 986. The molecule has 3 aromatic rings. The molecular weight excluding hydrogens is 324 g/mol. The number of Topliss-reactive ketones (excluding diaryl/α,β-unsaturated/α-hetero) is 1.